The van der Waals surface area contributed by atoms with Gasteiger partial charge in [-0.2, -0.15) is 0 Å². The van der Waals surface area contributed by atoms with Crippen LogP contribution in [-0.2, 0) is 11.3 Å². The highest BCUT2D eigenvalue weighted by Crippen LogP contribution is 2.25. The van der Waals surface area contributed by atoms with E-state index in [0.29, 0.717) is 11.3 Å². The Labute approximate surface area is 161 Å². The highest BCUT2D eigenvalue weighted by molar-refractivity contribution is 5.95. The number of benzene rings is 2. The molecule has 1 amide bonds. The van der Waals surface area contributed by atoms with E-state index in [1.165, 1.54) is 6.07 Å². The number of aryl methyl sites for hydroxylation is 2. The van der Waals surface area contributed by atoms with Crippen LogP contribution in [0.25, 0.3) is 22.4 Å². The van der Waals surface area contributed by atoms with Gasteiger partial charge in [0.1, 0.15) is 18.0 Å². The molecule has 6 nitrogen and oxygen atoms in total. The summed E-state index contributed by atoms with van der Waals surface area (Å²) in [5, 5.41) is 3.75. The first-order chi connectivity index (χ1) is 13.5. The molecule has 0 aliphatic rings. The number of anilines is 1. The summed E-state index contributed by atoms with van der Waals surface area (Å²) in [5.74, 6) is 0.580. The monoisotopic (exact) mass is 373 g/mol. The summed E-state index contributed by atoms with van der Waals surface area (Å²) in [6.45, 7) is 3.85. The topological polar surface area (TPSA) is 77.1 Å². The van der Waals surface area contributed by atoms with E-state index in [2.05, 4.69) is 10.3 Å². The number of fused-ring (bicyclic) bond motifs is 1. The molecular formula is C22H19N3O3. The van der Waals surface area contributed by atoms with Crippen molar-refractivity contribution in [2.24, 2.45) is 0 Å². The Morgan fingerprint density at radius 3 is 2.68 bits per heavy atom. The van der Waals surface area contributed by atoms with Crippen LogP contribution >= 0.6 is 0 Å². The molecule has 1 N–H and O–H groups in total. The predicted molar refractivity (Wildman–Crippen MR) is 108 cm³/mol. The van der Waals surface area contributed by atoms with Crippen molar-refractivity contribution in [1.82, 2.24) is 9.55 Å². The maximum Gasteiger partial charge on any atom is 0.336 e. The second-order valence-electron chi connectivity index (χ2n) is 6.70. The van der Waals surface area contributed by atoms with Crippen molar-refractivity contribution in [2.75, 3.05) is 5.32 Å². The third kappa shape index (κ3) is 3.44. The van der Waals surface area contributed by atoms with Crippen molar-refractivity contribution >= 4 is 22.6 Å². The van der Waals surface area contributed by atoms with Crippen LogP contribution in [0.2, 0.25) is 0 Å². The Kier molecular flexibility index (Phi) is 4.53. The number of amides is 1. The molecule has 2 aromatic heterocycles. The lowest BCUT2D eigenvalue weighted by molar-refractivity contribution is -0.116. The normalized spacial score (nSPS) is 10.9. The van der Waals surface area contributed by atoms with Crippen molar-refractivity contribution in [3.63, 3.8) is 0 Å². The Morgan fingerprint density at radius 1 is 1.11 bits per heavy atom. The van der Waals surface area contributed by atoms with E-state index in [4.69, 9.17) is 4.42 Å². The van der Waals surface area contributed by atoms with Crippen LogP contribution in [-0.4, -0.2) is 15.5 Å². The van der Waals surface area contributed by atoms with E-state index in [1.807, 2.05) is 54.8 Å². The molecule has 6 heteroatoms. The highest BCUT2D eigenvalue weighted by Gasteiger charge is 2.12. The summed E-state index contributed by atoms with van der Waals surface area (Å²) in [6, 6.07) is 14.8. The van der Waals surface area contributed by atoms with E-state index >= 15 is 0 Å². The van der Waals surface area contributed by atoms with Gasteiger partial charge >= 0.3 is 5.63 Å². The van der Waals surface area contributed by atoms with Crippen molar-refractivity contribution in [3.05, 3.63) is 82.5 Å². The Bertz CT molecular complexity index is 1220. The lowest BCUT2D eigenvalue weighted by atomic mass is 10.1. The lowest BCUT2D eigenvalue weighted by Crippen LogP contribution is -2.19. The quantitative estimate of drug-likeness (QED) is 0.550. The molecule has 2 heterocycles. The first-order valence-corrected chi connectivity index (χ1v) is 8.93. The van der Waals surface area contributed by atoms with Gasteiger partial charge < -0.3 is 14.3 Å². The van der Waals surface area contributed by atoms with Crippen LogP contribution in [0.4, 0.5) is 5.69 Å². The molecule has 4 rings (SSSR count). The zero-order valence-electron chi connectivity index (χ0n) is 15.6. The van der Waals surface area contributed by atoms with Gasteiger partial charge in [0.25, 0.3) is 0 Å². The first-order valence-electron chi connectivity index (χ1n) is 8.93. The number of rotatable bonds is 4. The fraction of sp³-hybridized carbons (Fsp3) is 0.136. The van der Waals surface area contributed by atoms with Crippen LogP contribution < -0.4 is 10.9 Å². The van der Waals surface area contributed by atoms with Crippen molar-refractivity contribution in [2.45, 2.75) is 20.4 Å². The van der Waals surface area contributed by atoms with Crippen LogP contribution in [0.5, 0.6) is 0 Å². The number of aromatic nitrogens is 2. The minimum absolute atomic E-state index is 0.143. The largest absolute Gasteiger partial charge is 0.423 e. The van der Waals surface area contributed by atoms with Crippen molar-refractivity contribution in [1.29, 1.82) is 0 Å². The molecular weight excluding hydrogens is 354 g/mol. The first kappa shape index (κ1) is 17.7. The van der Waals surface area contributed by atoms with E-state index in [1.54, 1.807) is 18.5 Å². The molecule has 0 saturated carbocycles. The molecule has 28 heavy (non-hydrogen) atoms. The molecule has 0 atom stereocenters. The summed E-state index contributed by atoms with van der Waals surface area (Å²) in [6.07, 6.45) is 3.47. The van der Waals surface area contributed by atoms with Gasteiger partial charge in [0.2, 0.25) is 5.91 Å². The lowest BCUT2D eigenvalue weighted by Gasteiger charge is -2.12. The van der Waals surface area contributed by atoms with E-state index in [-0.39, 0.29) is 18.1 Å². The smallest absolute Gasteiger partial charge is 0.336 e. The number of hydrogen-bond acceptors (Lipinski definition) is 4. The van der Waals surface area contributed by atoms with Crippen molar-refractivity contribution < 1.29 is 9.21 Å². The zero-order valence-corrected chi connectivity index (χ0v) is 15.6. The predicted octanol–water partition coefficient (Wildman–Crippen LogP) is 3.91. The number of nitrogens with one attached hydrogen (secondary N) is 1. The fourth-order valence-electron chi connectivity index (χ4n) is 3.23. The standard InChI is InChI=1S/C22H19N3O3/c1-14-11-21(27)28-19-10-15(2)18(12-17(14)19)24-20(26)13-25-9-8-23-22(25)16-6-4-3-5-7-16/h3-12H,13H2,1-2H3,(H,24,26). The molecule has 0 aliphatic carbocycles. The van der Waals surface area contributed by atoms with Crippen LogP contribution in [0.15, 0.2) is 70.1 Å². The van der Waals surface area contributed by atoms with Gasteiger partial charge in [-0.1, -0.05) is 30.3 Å². The number of nitrogens with zero attached hydrogens (tertiary/aromatic N) is 2. The minimum atomic E-state index is -0.380. The van der Waals surface area contributed by atoms with Crippen LogP contribution in [0.1, 0.15) is 11.1 Å². The molecule has 0 bridgehead atoms. The molecule has 4 aromatic rings. The Balaban J connectivity index is 1.59. The molecule has 0 spiro atoms. The van der Waals surface area contributed by atoms with Gasteiger partial charge in [0, 0.05) is 35.1 Å². The maximum absolute atomic E-state index is 12.7. The molecule has 140 valence electrons. The third-order valence-corrected chi connectivity index (χ3v) is 4.63. The molecule has 0 fully saturated rings. The number of carbonyl (C=O) groups is 1. The van der Waals surface area contributed by atoms with E-state index in [0.717, 1.165) is 27.9 Å². The summed E-state index contributed by atoms with van der Waals surface area (Å²) < 4.78 is 7.06. The highest BCUT2D eigenvalue weighted by atomic mass is 16.4. The molecule has 0 radical (unpaired) electrons. The molecule has 0 aliphatic heterocycles. The SMILES string of the molecule is Cc1cc2oc(=O)cc(C)c2cc1NC(=O)Cn1ccnc1-c1ccccc1. The minimum Gasteiger partial charge on any atom is -0.423 e. The van der Waals surface area contributed by atoms with Gasteiger partial charge in [-0.15, -0.1) is 0 Å². The average molecular weight is 373 g/mol. The number of hydrogen-bond donors (Lipinski definition) is 1. The second kappa shape index (κ2) is 7.15. The van der Waals surface area contributed by atoms with Gasteiger partial charge in [-0.3, -0.25) is 4.79 Å². The summed E-state index contributed by atoms with van der Waals surface area (Å²) in [4.78, 5) is 28.6. The van der Waals surface area contributed by atoms with E-state index in [9.17, 15) is 9.59 Å². The fourth-order valence-corrected chi connectivity index (χ4v) is 3.23. The Morgan fingerprint density at radius 2 is 1.89 bits per heavy atom. The molecule has 0 saturated heterocycles. The van der Waals surface area contributed by atoms with Crippen molar-refractivity contribution in [3.8, 4) is 11.4 Å². The maximum atomic E-state index is 12.7. The number of imidazole rings is 1. The average Bonchev–Trinajstić information content (AvgIpc) is 3.11. The molecule has 0 unspecified atom stereocenters. The van der Waals surface area contributed by atoms with Gasteiger partial charge in [-0.05, 0) is 37.1 Å². The number of carbonyl (C=O) groups excluding carboxylic acids is 1. The third-order valence-electron chi connectivity index (χ3n) is 4.63. The van der Waals surface area contributed by atoms with Gasteiger partial charge in [0.15, 0.2) is 0 Å². The summed E-state index contributed by atoms with van der Waals surface area (Å²) >= 11 is 0. The zero-order chi connectivity index (χ0) is 19.7. The summed E-state index contributed by atoms with van der Waals surface area (Å²) in [7, 11) is 0. The van der Waals surface area contributed by atoms with Crippen LogP contribution in [0.3, 0.4) is 0 Å². The van der Waals surface area contributed by atoms with Gasteiger partial charge in [0.05, 0.1) is 0 Å². The van der Waals surface area contributed by atoms with Crippen LogP contribution in [0, 0.1) is 13.8 Å². The molecule has 2 aromatic carbocycles. The van der Waals surface area contributed by atoms with Gasteiger partial charge in [-0.25, -0.2) is 9.78 Å². The Hall–Kier alpha value is -3.67. The second-order valence-corrected chi connectivity index (χ2v) is 6.70. The summed E-state index contributed by atoms with van der Waals surface area (Å²) in [5.41, 5.74) is 3.41. The van der Waals surface area contributed by atoms with E-state index < -0.39 is 0 Å².